The monoisotopic (exact) mass is 309 g/mol. The SMILES string of the molecule is CCNC(=O)CN(CC)CC(=O)NCCc1ccc(F)cc1. The Morgan fingerprint density at radius 3 is 2.18 bits per heavy atom. The molecule has 0 saturated heterocycles. The van der Waals surface area contributed by atoms with Crippen molar-refractivity contribution < 1.29 is 14.0 Å². The number of rotatable bonds is 9. The number of halogens is 1. The highest BCUT2D eigenvalue weighted by Crippen LogP contribution is 2.02. The lowest BCUT2D eigenvalue weighted by molar-refractivity contribution is -0.125. The molecule has 0 atom stereocenters. The topological polar surface area (TPSA) is 61.4 Å². The van der Waals surface area contributed by atoms with Crippen LogP contribution in [0, 0.1) is 5.82 Å². The van der Waals surface area contributed by atoms with Gasteiger partial charge in [0.15, 0.2) is 0 Å². The normalized spacial score (nSPS) is 10.5. The van der Waals surface area contributed by atoms with Gasteiger partial charge in [0.2, 0.25) is 11.8 Å². The summed E-state index contributed by atoms with van der Waals surface area (Å²) in [5.41, 5.74) is 0.969. The van der Waals surface area contributed by atoms with Gasteiger partial charge in [0, 0.05) is 13.1 Å². The lowest BCUT2D eigenvalue weighted by Gasteiger charge is -2.19. The average molecular weight is 309 g/mol. The summed E-state index contributed by atoms with van der Waals surface area (Å²) in [6.45, 7) is 5.88. The van der Waals surface area contributed by atoms with Gasteiger partial charge in [-0.1, -0.05) is 19.1 Å². The fourth-order valence-electron chi connectivity index (χ4n) is 1.99. The molecule has 2 N–H and O–H groups in total. The fourth-order valence-corrected chi connectivity index (χ4v) is 1.99. The lowest BCUT2D eigenvalue weighted by Crippen LogP contribution is -2.43. The maximum Gasteiger partial charge on any atom is 0.234 e. The van der Waals surface area contributed by atoms with Gasteiger partial charge in [-0.3, -0.25) is 14.5 Å². The number of hydrogen-bond donors (Lipinski definition) is 2. The highest BCUT2D eigenvalue weighted by Gasteiger charge is 2.12. The van der Waals surface area contributed by atoms with E-state index >= 15 is 0 Å². The van der Waals surface area contributed by atoms with Crippen LogP contribution in [0.1, 0.15) is 19.4 Å². The molecule has 5 nitrogen and oxygen atoms in total. The first kappa shape index (κ1) is 18.1. The van der Waals surface area contributed by atoms with Crippen molar-refractivity contribution in [2.24, 2.45) is 0 Å². The van der Waals surface area contributed by atoms with Crippen LogP contribution >= 0.6 is 0 Å². The Bertz CT molecular complexity index is 477. The van der Waals surface area contributed by atoms with Crippen LogP contribution in [0.25, 0.3) is 0 Å². The Morgan fingerprint density at radius 2 is 1.64 bits per heavy atom. The van der Waals surface area contributed by atoms with Gasteiger partial charge in [0.05, 0.1) is 13.1 Å². The molecule has 0 heterocycles. The molecule has 0 spiro atoms. The zero-order valence-electron chi connectivity index (χ0n) is 13.2. The second-order valence-corrected chi connectivity index (χ2v) is 4.98. The number of carbonyl (C=O) groups is 2. The third-order valence-electron chi connectivity index (χ3n) is 3.20. The molecule has 1 aromatic rings. The predicted molar refractivity (Wildman–Crippen MR) is 83.9 cm³/mol. The second kappa shape index (κ2) is 9.89. The van der Waals surface area contributed by atoms with Crippen LogP contribution in [-0.4, -0.2) is 49.4 Å². The number of carbonyl (C=O) groups excluding carboxylic acids is 2. The van der Waals surface area contributed by atoms with Crippen molar-refractivity contribution in [3.05, 3.63) is 35.6 Å². The maximum atomic E-state index is 12.8. The second-order valence-electron chi connectivity index (χ2n) is 4.98. The molecular weight excluding hydrogens is 285 g/mol. The molecule has 0 bridgehead atoms. The average Bonchev–Trinajstić information content (AvgIpc) is 2.49. The molecule has 0 aliphatic heterocycles. The van der Waals surface area contributed by atoms with Gasteiger partial charge in [0.25, 0.3) is 0 Å². The summed E-state index contributed by atoms with van der Waals surface area (Å²) in [7, 11) is 0. The Hall–Kier alpha value is -1.95. The highest BCUT2D eigenvalue weighted by atomic mass is 19.1. The summed E-state index contributed by atoms with van der Waals surface area (Å²) in [4.78, 5) is 25.1. The molecule has 122 valence electrons. The molecule has 6 heteroatoms. The fraction of sp³-hybridized carbons (Fsp3) is 0.500. The van der Waals surface area contributed by atoms with Gasteiger partial charge < -0.3 is 10.6 Å². The van der Waals surface area contributed by atoms with Gasteiger partial charge in [0.1, 0.15) is 5.82 Å². The van der Waals surface area contributed by atoms with E-state index in [-0.39, 0.29) is 30.7 Å². The zero-order valence-corrected chi connectivity index (χ0v) is 13.2. The van der Waals surface area contributed by atoms with Gasteiger partial charge in [-0.25, -0.2) is 4.39 Å². The van der Waals surface area contributed by atoms with E-state index in [0.717, 1.165) is 5.56 Å². The molecule has 0 aromatic heterocycles. The van der Waals surface area contributed by atoms with Crippen molar-refractivity contribution in [3.63, 3.8) is 0 Å². The van der Waals surface area contributed by atoms with Crippen LogP contribution in [0.3, 0.4) is 0 Å². The minimum absolute atomic E-state index is 0.0801. The molecule has 0 saturated carbocycles. The van der Waals surface area contributed by atoms with Crippen LogP contribution in [0.5, 0.6) is 0 Å². The Kier molecular flexibility index (Phi) is 8.14. The smallest absolute Gasteiger partial charge is 0.234 e. The number of amides is 2. The first-order valence-corrected chi connectivity index (χ1v) is 7.55. The van der Waals surface area contributed by atoms with E-state index in [4.69, 9.17) is 0 Å². The van der Waals surface area contributed by atoms with Gasteiger partial charge in [-0.15, -0.1) is 0 Å². The molecular formula is C16H24FN3O2. The Morgan fingerprint density at radius 1 is 1.05 bits per heavy atom. The summed E-state index contributed by atoms with van der Waals surface area (Å²) in [5.74, 6) is -0.464. The third-order valence-corrected chi connectivity index (χ3v) is 3.20. The zero-order chi connectivity index (χ0) is 16.4. The Balaban J connectivity index is 2.29. The minimum atomic E-state index is -0.267. The first-order valence-electron chi connectivity index (χ1n) is 7.55. The number of likely N-dealkylation sites (N-methyl/N-ethyl adjacent to an activating group) is 2. The molecule has 1 aromatic carbocycles. The van der Waals surface area contributed by atoms with E-state index in [0.29, 0.717) is 26.1 Å². The molecule has 0 aliphatic rings. The molecule has 2 amide bonds. The van der Waals surface area contributed by atoms with Crippen LogP contribution in [0.4, 0.5) is 4.39 Å². The molecule has 0 aliphatic carbocycles. The standard InChI is InChI=1S/C16H24FN3O2/c1-3-18-15(21)11-20(4-2)12-16(22)19-10-9-13-5-7-14(17)8-6-13/h5-8H,3-4,9-12H2,1-2H3,(H,18,21)(H,19,22). The van der Waals surface area contributed by atoms with E-state index in [2.05, 4.69) is 10.6 Å². The quantitative estimate of drug-likeness (QED) is 0.714. The Labute approximate surface area is 130 Å². The number of benzene rings is 1. The van der Waals surface area contributed by atoms with E-state index < -0.39 is 0 Å². The molecule has 0 radical (unpaired) electrons. The van der Waals surface area contributed by atoms with Crippen LogP contribution in [-0.2, 0) is 16.0 Å². The summed E-state index contributed by atoms with van der Waals surface area (Å²) < 4.78 is 12.8. The largest absolute Gasteiger partial charge is 0.355 e. The van der Waals surface area contributed by atoms with Crippen molar-refractivity contribution >= 4 is 11.8 Å². The molecule has 0 unspecified atom stereocenters. The molecule has 0 fully saturated rings. The van der Waals surface area contributed by atoms with Crippen LogP contribution in [0.15, 0.2) is 24.3 Å². The maximum absolute atomic E-state index is 12.8. The van der Waals surface area contributed by atoms with Crippen molar-refractivity contribution in [3.8, 4) is 0 Å². The van der Waals surface area contributed by atoms with Crippen molar-refractivity contribution in [1.29, 1.82) is 0 Å². The summed E-state index contributed by atoms with van der Waals surface area (Å²) in [5, 5.41) is 5.52. The summed E-state index contributed by atoms with van der Waals surface area (Å²) >= 11 is 0. The summed E-state index contributed by atoms with van der Waals surface area (Å²) in [6, 6.07) is 6.22. The number of nitrogens with zero attached hydrogens (tertiary/aromatic N) is 1. The van der Waals surface area contributed by atoms with Crippen molar-refractivity contribution in [2.45, 2.75) is 20.3 Å². The molecule has 22 heavy (non-hydrogen) atoms. The van der Waals surface area contributed by atoms with Crippen molar-refractivity contribution in [1.82, 2.24) is 15.5 Å². The van der Waals surface area contributed by atoms with Crippen LogP contribution in [0.2, 0.25) is 0 Å². The van der Waals surface area contributed by atoms with E-state index in [1.54, 1.807) is 17.0 Å². The van der Waals surface area contributed by atoms with Gasteiger partial charge in [-0.2, -0.15) is 0 Å². The number of hydrogen-bond acceptors (Lipinski definition) is 3. The van der Waals surface area contributed by atoms with Crippen LogP contribution < -0.4 is 10.6 Å². The predicted octanol–water partition coefficient (Wildman–Crippen LogP) is 0.942. The van der Waals surface area contributed by atoms with E-state index in [9.17, 15) is 14.0 Å². The molecule has 1 rings (SSSR count). The van der Waals surface area contributed by atoms with E-state index in [1.807, 2.05) is 13.8 Å². The van der Waals surface area contributed by atoms with Crippen molar-refractivity contribution in [2.75, 3.05) is 32.7 Å². The summed E-state index contributed by atoms with van der Waals surface area (Å²) in [6.07, 6.45) is 0.647. The first-order chi connectivity index (χ1) is 10.5. The third kappa shape index (κ3) is 7.17. The van der Waals surface area contributed by atoms with E-state index in [1.165, 1.54) is 12.1 Å². The van der Waals surface area contributed by atoms with Gasteiger partial charge >= 0.3 is 0 Å². The minimum Gasteiger partial charge on any atom is -0.355 e. The number of nitrogens with one attached hydrogen (secondary N) is 2. The lowest BCUT2D eigenvalue weighted by atomic mass is 10.1. The van der Waals surface area contributed by atoms with Gasteiger partial charge in [-0.05, 0) is 37.6 Å². The highest BCUT2D eigenvalue weighted by molar-refractivity contribution is 5.81.